The highest BCUT2D eigenvalue weighted by atomic mass is 32.2. The van der Waals surface area contributed by atoms with Crippen molar-refractivity contribution in [2.45, 2.75) is 18.7 Å². The summed E-state index contributed by atoms with van der Waals surface area (Å²) in [7, 11) is 0. The van der Waals surface area contributed by atoms with E-state index in [0.29, 0.717) is 6.54 Å². The van der Waals surface area contributed by atoms with Crippen molar-refractivity contribution >= 4 is 29.1 Å². The quantitative estimate of drug-likeness (QED) is 0.756. The minimum atomic E-state index is -0.108. The van der Waals surface area contributed by atoms with Crippen molar-refractivity contribution in [3.05, 3.63) is 58.3 Å². The second kappa shape index (κ2) is 8.74. The van der Waals surface area contributed by atoms with Crippen LogP contribution in [0, 0.1) is 0 Å². The van der Waals surface area contributed by atoms with E-state index in [4.69, 9.17) is 0 Å². The predicted octanol–water partition coefficient (Wildman–Crippen LogP) is 4.04. The van der Waals surface area contributed by atoms with Crippen LogP contribution in [0.1, 0.15) is 23.4 Å². The van der Waals surface area contributed by atoms with Gasteiger partial charge < -0.3 is 10.6 Å². The molecule has 0 aliphatic carbocycles. The Kier molecular flexibility index (Phi) is 6.63. The van der Waals surface area contributed by atoms with E-state index in [1.807, 2.05) is 49.0 Å². The monoisotopic (exact) mass is 320 g/mol. The smallest absolute Gasteiger partial charge is 0.315 e. The maximum Gasteiger partial charge on any atom is 0.315 e. The van der Waals surface area contributed by atoms with Crippen molar-refractivity contribution in [1.82, 2.24) is 10.6 Å². The lowest BCUT2D eigenvalue weighted by atomic mass is 10.1. The molecule has 1 atom stereocenters. The van der Waals surface area contributed by atoms with Gasteiger partial charge in [-0.3, -0.25) is 0 Å². The fourth-order valence-electron chi connectivity index (χ4n) is 1.88. The van der Waals surface area contributed by atoms with Crippen LogP contribution in [0.15, 0.2) is 47.8 Å². The Balaban J connectivity index is 1.59. The second-order valence-electron chi connectivity index (χ2n) is 4.66. The average molecular weight is 320 g/mol. The molecular formula is C16H20N2OS2. The summed E-state index contributed by atoms with van der Waals surface area (Å²) in [4.78, 5) is 13.2. The van der Waals surface area contributed by atoms with Crippen LogP contribution in [0.4, 0.5) is 4.79 Å². The molecule has 2 N–H and O–H groups in total. The van der Waals surface area contributed by atoms with Crippen LogP contribution in [0.25, 0.3) is 0 Å². The van der Waals surface area contributed by atoms with Crippen molar-refractivity contribution in [1.29, 1.82) is 0 Å². The number of benzene rings is 1. The number of nitrogens with one attached hydrogen (secondary N) is 2. The lowest BCUT2D eigenvalue weighted by Crippen LogP contribution is -2.38. The largest absolute Gasteiger partial charge is 0.337 e. The number of amides is 2. The highest BCUT2D eigenvalue weighted by Gasteiger charge is 2.07. The first-order chi connectivity index (χ1) is 10.3. The Bertz CT molecular complexity index is 528. The normalized spacial score (nSPS) is 11.9. The number of thiophene rings is 1. The van der Waals surface area contributed by atoms with Crippen LogP contribution in [-0.2, 0) is 5.75 Å². The number of hydrogen-bond donors (Lipinski definition) is 2. The third kappa shape index (κ3) is 5.81. The van der Waals surface area contributed by atoms with Crippen molar-refractivity contribution < 1.29 is 4.79 Å². The van der Waals surface area contributed by atoms with Crippen molar-refractivity contribution in [2.24, 2.45) is 0 Å². The van der Waals surface area contributed by atoms with Crippen LogP contribution in [-0.4, -0.2) is 18.3 Å². The Hall–Kier alpha value is -1.46. The molecule has 2 aromatic rings. The van der Waals surface area contributed by atoms with Gasteiger partial charge in [0.1, 0.15) is 0 Å². The zero-order valence-corrected chi connectivity index (χ0v) is 13.7. The molecule has 0 radical (unpaired) electrons. The molecule has 0 aliphatic heterocycles. The summed E-state index contributed by atoms with van der Waals surface area (Å²) in [5, 5.41) is 7.93. The van der Waals surface area contributed by atoms with Crippen LogP contribution < -0.4 is 10.6 Å². The first kappa shape index (κ1) is 15.9. The molecule has 2 amide bonds. The molecule has 5 heteroatoms. The summed E-state index contributed by atoms with van der Waals surface area (Å²) in [6, 6.07) is 14.1. The zero-order valence-electron chi connectivity index (χ0n) is 12.0. The summed E-state index contributed by atoms with van der Waals surface area (Å²) >= 11 is 3.61. The van der Waals surface area contributed by atoms with Gasteiger partial charge >= 0.3 is 6.03 Å². The summed E-state index contributed by atoms with van der Waals surface area (Å²) < 4.78 is 0. The molecule has 0 unspecified atom stereocenters. The standard InChI is InChI=1S/C16H20N2OS2/c1-13(14-6-3-2-4-7-14)18-16(19)17-9-11-20-12-15-8-5-10-21-15/h2-8,10,13H,9,11-12H2,1H3,(H2,17,18,19)/t13-/m0/s1. The van der Waals surface area contributed by atoms with Gasteiger partial charge in [0, 0.05) is 22.9 Å². The van der Waals surface area contributed by atoms with Crippen LogP contribution >= 0.6 is 23.1 Å². The fourth-order valence-corrected chi connectivity index (χ4v) is 3.58. The van der Waals surface area contributed by atoms with Gasteiger partial charge in [0.15, 0.2) is 0 Å². The van der Waals surface area contributed by atoms with E-state index >= 15 is 0 Å². The summed E-state index contributed by atoms with van der Waals surface area (Å²) in [5.41, 5.74) is 1.11. The molecule has 0 spiro atoms. The van der Waals surface area contributed by atoms with E-state index in [0.717, 1.165) is 17.1 Å². The number of thioether (sulfide) groups is 1. The molecule has 112 valence electrons. The maximum atomic E-state index is 11.8. The molecule has 0 saturated heterocycles. The van der Waals surface area contributed by atoms with E-state index in [2.05, 4.69) is 28.1 Å². The summed E-state index contributed by atoms with van der Waals surface area (Å²) in [6.07, 6.45) is 0. The number of urea groups is 1. The molecule has 1 aromatic heterocycles. The third-order valence-corrected chi connectivity index (χ3v) is 5.07. The van der Waals surface area contributed by atoms with Gasteiger partial charge in [-0.25, -0.2) is 4.79 Å². The highest BCUT2D eigenvalue weighted by Crippen LogP contribution is 2.16. The SMILES string of the molecule is C[C@H](NC(=O)NCCSCc1cccs1)c1ccccc1. The zero-order chi connectivity index (χ0) is 14.9. The molecule has 1 heterocycles. The van der Waals surface area contributed by atoms with Gasteiger partial charge in [-0.15, -0.1) is 11.3 Å². The van der Waals surface area contributed by atoms with Crippen LogP contribution in [0.2, 0.25) is 0 Å². The van der Waals surface area contributed by atoms with Gasteiger partial charge in [-0.05, 0) is 23.9 Å². The van der Waals surface area contributed by atoms with Gasteiger partial charge in [0.2, 0.25) is 0 Å². The van der Waals surface area contributed by atoms with E-state index in [1.165, 1.54) is 4.88 Å². The van der Waals surface area contributed by atoms with E-state index in [-0.39, 0.29) is 12.1 Å². The lowest BCUT2D eigenvalue weighted by molar-refractivity contribution is 0.238. The minimum Gasteiger partial charge on any atom is -0.337 e. The molecule has 2 rings (SSSR count). The van der Waals surface area contributed by atoms with Crippen molar-refractivity contribution in [2.75, 3.05) is 12.3 Å². The number of carbonyl (C=O) groups excluding carboxylic acids is 1. The third-order valence-electron chi connectivity index (χ3n) is 3.00. The maximum absolute atomic E-state index is 11.8. The van der Waals surface area contributed by atoms with Crippen molar-refractivity contribution in [3.8, 4) is 0 Å². The topological polar surface area (TPSA) is 41.1 Å². The van der Waals surface area contributed by atoms with E-state index < -0.39 is 0 Å². The van der Waals surface area contributed by atoms with Gasteiger partial charge in [-0.2, -0.15) is 11.8 Å². The molecule has 21 heavy (non-hydrogen) atoms. The highest BCUT2D eigenvalue weighted by molar-refractivity contribution is 7.98. The number of carbonyl (C=O) groups is 1. The van der Waals surface area contributed by atoms with E-state index in [9.17, 15) is 4.79 Å². The molecule has 0 saturated carbocycles. The molecular weight excluding hydrogens is 300 g/mol. The Morgan fingerprint density at radius 2 is 2.05 bits per heavy atom. The van der Waals surface area contributed by atoms with Crippen LogP contribution in [0.3, 0.4) is 0 Å². The molecule has 3 nitrogen and oxygen atoms in total. The molecule has 0 aliphatic rings. The summed E-state index contributed by atoms with van der Waals surface area (Å²) in [6.45, 7) is 2.67. The average Bonchev–Trinajstić information content (AvgIpc) is 3.01. The minimum absolute atomic E-state index is 0.0185. The number of hydrogen-bond acceptors (Lipinski definition) is 3. The second-order valence-corrected chi connectivity index (χ2v) is 6.80. The Morgan fingerprint density at radius 3 is 2.76 bits per heavy atom. The lowest BCUT2D eigenvalue weighted by Gasteiger charge is -2.14. The predicted molar refractivity (Wildman–Crippen MR) is 91.9 cm³/mol. The molecule has 0 fully saturated rings. The van der Waals surface area contributed by atoms with Crippen molar-refractivity contribution in [3.63, 3.8) is 0 Å². The summed E-state index contributed by atoms with van der Waals surface area (Å²) in [5.74, 6) is 1.94. The van der Waals surface area contributed by atoms with E-state index in [1.54, 1.807) is 11.3 Å². The van der Waals surface area contributed by atoms with Gasteiger partial charge in [0.05, 0.1) is 6.04 Å². The van der Waals surface area contributed by atoms with Crippen LogP contribution in [0.5, 0.6) is 0 Å². The Morgan fingerprint density at radius 1 is 1.24 bits per heavy atom. The Labute approximate surface area is 134 Å². The number of rotatable bonds is 7. The first-order valence-corrected chi connectivity index (χ1v) is 8.98. The molecule has 1 aromatic carbocycles. The first-order valence-electron chi connectivity index (χ1n) is 6.95. The molecule has 0 bridgehead atoms. The van der Waals surface area contributed by atoms with Gasteiger partial charge in [0.25, 0.3) is 0 Å². The van der Waals surface area contributed by atoms with Gasteiger partial charge in [-0.1, -0.05) is 36.4 Å². The fraction of sp³-hybridized carbons (Fsp3) is 0.312.